The maximum atomic E-state index is 13.0. The molecule has 4 heterocycles. The Hall–Kier alpha value is -3.25. The van der Waals surface area contributed by atoms with Crippen molar-refractivity contribution in [2.75, 3.05) is 19.8 Å². The lowest BCUT2D eigenvalue weighted by atomic mass is 9.85. The number of benzene rings is 1. The predicted molar refractivity (Wildman–Crippen MR) is 105 cm³/mol. The molecular formula is C18H23N7O5. The maximum Gasteiger partial charge on any atom is 0.255 e. The molecular weight excluding hydrogens is 394 g/mol. The van der Waals surface area contributed by atoms with Crippen LogP contribution in [0.3, 0.4) is 0 Å². The number of hydrogen-bond donors (Lipinski definition) is 6. The average molecular weight is 417 g/mol. The van der Waals surface area contributed by atoms with Crippen molar-refractivity contribution in [2.45, 2.75) is 36.5 Å². The van der Waals surface area contributed by atoms with Gasteiger partial charge in [0.25, 0.3) is 5.91 Å². The smallest absolute Gasteiger partial charge is 0.255 e. The molecule has 4 atom stereocenters. The molecule has 160 valence electrons. The molecule has 1 saturated heterocycles. The number of carbonyl (C=O) groups is 1. The van der Waals surface area contributed by atoms with Gasteiger partial charge in [-0.1, -0.05) is 6.07 Å². The SMILES string of the molecule is C[C@@H]1N=C(N)N2C[C@H](NC(=O)c3cccc4c3OCCO4)C(O)(O)[C@@]23NC(N)=N[C@@H]13. The Bertz CT molecular complexity index is 980. The molecule has 8 N–H and O–H groups in total. The molecule has 0 aromatic heterocycles. The van der Waals surface area contributed by atoms with Crippen LogP contribution in [0.2, 0.25) is 0 Å². The second-order valence-corrected chi connectivity index (χ2v) is 7.77. The normalized spacial score (nSPS) is 33.0. The minimum absolute atomic E-state index is 0.0144. The highest BCUT2D eigenvalue weighted by Gasteiger charge is 2.73. The Morgan fingerprint density at radius 1 is 1.30 bits per heavy atom. The number of ether oxygens (including phenoxy) is 2. The van der Waals surface area contributed by atoms with Crippen molar-refractivity contribution in [3.63, 3.8) is 0 Å². The zero-order valence-electron chi connectivity index (χ0n) is 16.2. The molecule has 5 rings (SSSR count). The molecule has 12 heteroatoms. The third-order valence-corrected chi connectivity index (χ3v) is 6.05. The van der Waals surface area contributed by atoms with Crippen LogP contribution in [0.25, 0.3) is 0 Å². The number of para-hydroxylation sites is 1. The fraction of sp³-hybridized carbons (Fsp3) is 0.500. The molecule has 4 aliphatic rings. The first-order chi connectivity index (χ1) is 14.3. The number of rotatable bonds is 2. The lowest BCUT2D eigenvalue weighted by Gasteiger charge is -2.48. The van der Waals surface area contributed by atoms with E-state index in [-0.39, 0.29) is 24.0 Å². The molecule has 1 aromatic carbocycles. The second kappa shape index (κ2) is 6.12. The van der Waals surface area contributed by atoms with Crippen molar-refractivity contribution in [1.82, 2.24) is 15.5 Å². The average Bonchev–Trinajstić information content (AvgIpc) is 3.18. The first-order valence-electron chi connectivity index (χ1n) is 9.62. The van der Waals surface area contributed by atoms with Crippen LogP contribution in [-0.4, -0.2) is 82.3 Å². The highest BCUT2D eigenvalue weighted by molar-refractivity contribution is 5.98. The van der Waals surface area contributed by atoms with Gasteiger partial charge < -0.3 is 46.7 Å². The number of amides is 1. The van der Waals surface area contributed by atoms with Gasteiger partial charge >= 0.3 is 0 Å². The summed E-state index contributed by atoms with van der Waals surface area (Å²) in [6.07, 6.45) is 0. The molecule has 30 heavy (non-hydrogen) atoms. The van der Waals surface area contributed by atoms with Gasteiger partial charge in [0.05, 0.1) is 11.6 Å². The van der Waals surface area contributed by atoms with Crippen molar-refractivity contribution in [3.8, 4) is 11.5 Å². The van der Waals surface area contributed by atoms with Gasteiger partial charge in [-0.15, -0.1) is 0 Å². The van der Waals surface area contributed by atoms with Crippen molar-refractivity contribution in [1.29, 1.82) is 0 Å². The summed E-state index contributed by atoms with van der Waals surface area (Å²) in [5, 5.41) is 28.0. The molecule has 0 saturated carbocycles. The van der Waals surface area contributed by atoms with Gasteiger partial charge in [-0.25, -0.2) is 9.98 Å². The number of guanidine groups is 2. The van der Waals surface area contributed by atoms with Gasteiger partial charge in [0.1, 0.15) is 25.3 Å². The second-order valence-electron chi connectivity index (χ2n) is 7.77. The van der Waals surface area contributed by atoms with Gasteiger partial charge in [-0.3, -0.25) is 4.79 Å². The summed E-state index contributed by atoms with van der Waals surface area (Å²) in [6, 6.07) is 2.67. The van der Waals surface area contributed by atoms with Crippen LogP contribution in [0.4, 0.5) is 0 Å². The summed E-state index contributed by atoms with van der Waals surface area (Å²) in [5.41, 5.74) is 10.6. The molecule has 0 aliphatic carbocycles. The zero-order chi connectivity index (χ0) is 21.3. The highest BCUT2D eigenvalue weighted by atomic mass is 16.6. The van der Waals surface area contributed by atoms with Crippen molar-refractivity contribution in [3.05, 3.63) is 23.8 Å². The van der Waals surface area contributed by atoms with E-state index < -0.39 is 35.5 Å². The molecule has 12 nitrogen and oxygen atoms in total. The quantitative estimate of drug-likeness (QED) is 0.278. The van der Waals surface area contributed by atoms with Crippen LogP contribution in [-0.2, 0) is 0 Å². The number of nitrogens with two attached hydrogens (primary N) is 2. The largest absolute Gasteiger partial charge is 0.486 e. The molecule has 1 amide bonds. The summed E-state index contributed by atoms with van der Waals surface area (Å²) >= 11 is 0. The van der Waals surface area contributed by atoms with Crippen LogP contribution in [0, 0.1) is 0 Å². The topological polar surface area (TPSA) is 180 Å². The Morgan fingerprint density at radius 3 is 2.87 bits per heavy atom. The summed E-state index contributed by atoms with van der Waals surface area (Å²) < 4.78 is 11.1. The molecule has 0 radical (unpaired) electrons. The van der Waals surface area contributed by atoms with Gasteiger partial charge in [0.15, 0.2) is 29.1 Å². The number of nitrogens with one attached hydrogen (secondary N) is 2. The van der Waals surface area contributed by atoms with Crippen molar-refractivity contribution >= 4 is 17.8 Å². The number of aliphatic hydroxyl groups is 2. The lowest BCUT2D eigenvalue weighted by molar-refractivity contribution is -0.230. The number of fused-ring (bicyclic) bond motifs is 1. The van der Waals surface area contributed by atoms with E-state index in [1.165, 1.54) is 4.90 Å². The van der Waals surface area contributed by atoms with E-state index in [1.807, 2.05) is 0 Å². The molecule has 1 spiro atoms. The van der Waals surface area contributed by atoms with E-state index in [4.69, 9.17) is 20.9 Å². The Labute approximate surface area is 171 Å². The third kappa shape index (κ3) is 2.31. The van der Waals surface area contributed by atoms with Crippen LogP contribution in [0.15, 0.2) is 28.2 Å². The van der Waals surface area contributed by atoms with Gasteiger partial charge in [0, 0.05) is 6.54 Å². The van der Waals surface area contributed by atoms with Crippen LogP contribution in [0.5, 0.6) is 11.5 Å². The van der Waals surface area contributed by atoms with E-state index in [0.717, 1.165) is 0 Å². The first kappa shape index (κ1) is 18.8. The minimum atomic E-state index is -2.46. The van der Waals surface area contributed by atoms with E-state index in [0.29, 0.717) is 24.7 Å². The minimum Gasteiger partial charge on any atom is -0.486 e. The molecule has 4 aliphatic heterocycles. The number of nitrogens with zero attached hydrogens (tertiary/aromatic N) is 3. The van der Waals surface area contributed by atoms with Gasteiger partial charge in [-0.05, 0) is 19.1 Å². The fourth-order valence-corrected chi connectivity index (χ4v) is 4.71. The van der Waals surface area contributed by atoms with E-state index in [1.54, 1.807) is 25.1 Å². The number of hydrogen-bond acceptors (Lipinski definition) is 11. The van der Waals surface area contributed by atoms with E-state index in [2.05, 4.69) is 20.6 Å². The van der Waals surface area contributed by atoms with Crippen molar-refractivity contribution in [2.24, 2.45) is 21.5 Å². The molecule has 1 fully saturated rings. The van der Waals surface area contributed by atoms with Gasteiger partial charge in [-0.2, -0.15) is 0 Å². The summed E-state index contributed by atoms with van der Waals surface area (Å²) in [6.45, 7) is 2.45. The zero-order valence-corrected chi connectivity index (χ0v) is 16.2. The maximum absolute atomic E-state index is 13.0. The number of aliphatic imine (C=N–C) groups is 2. The van der Waals surface area contributed by atoms with E-state index in [9.17, 15) is 15.0 Å². The Balaban J connectivity index is 1.48. The Morgan fingerprint density at radius 2 is 2.07 bits per heavy atom. The van der Waals surface area contributed by atoms with Crippen LogP contribution in [0.1, 0.15) is 17.3 Å². The summed E-state index contributed by atoms with van der Waals surface area (Å²) in [7, 11) is 0. The summed E-state index contributed by atoms with van der Waals surface area (Å²) in [5.74, 6) is -2.08. The summed E-state index contributed by atoms with van der Waals surface area (Å²) in [4.78, 5) is 23.2. The monoisotopic (exact) mass is 417 g/mol. The van der Waals surface area contributed by atoms with E-state index >= 15 is 0 Å². The predicted octanol–water partition coefficient (Wildman–Crippen LogP) is -2.75. The van der Waals surface area contributed by atoms with Crippen LogP contribution < -0.4 is 31.6 Å². The van der Waals surface area contributed by atoms with Crippen molar-refractivity contribution < 1.29 is 24.5 Å². The Kier molecular flexibility index (Phi) is 3.83. The molecule has 1 aromatic rings. The van der Waals surface area contributed by atoms with Gasteiger partial charge in [0.2, 0.25) is 5.79 Å². The highest BCUT2D eigenvalue weighted by Crippen LogP contribution is 2.44. The molecule has 0 unspecified atom stereocenters. The third-order valence-electron chi connectivity index (χ3n) is 6.05. The van der Waals surface area contributed by atoms with Crippen LogP contribution >= 0.6 is 0 Å². The standard InChI is InChI=1S/C18H23N7O5/c1-8-13-17(24-15(19)23-13)18(27,28)11(7-25(17)16(20)21-8)22-14(26)9-3-2-4-10-12(9)30-6-5-29-10/h2-4,8,11,13,27-28H,5-7H2,1H3,(H2,20,21)(H,22,26)(H3,19,23,24)/t8-,11-,13-,17-/m0/s1. The fourth-order valence-electron chi connectivity index (χ4n) is 4.71. The first-order valence-corrected chi connectivity index (χ1v) is 9.62. The molecule has 0 bridgehead atoms. The lowest BCUT2D eigenvalue weighted by Crippen LogP contribution is -2.77. The number of carbonyl (C=O) groups excluding carboxylic acids is 1.